The first-order valence-corrected chi connectivity index (χ1v) is 6.79. The van der Waals surface area contributed by atoms with Crippen LogP contribution in [0.2, 0.25) is 0 Å². The van der Waals surface area contributed by atoms with Crippen LogP contribution in [0.15, 0.2) is 24.3 Å². The molecule has 1 amide bonds. The van der Waals surface area contributed by atoms with Gasteiger partial charge < -0.3 is 19.3 Å². The summed E-state index contributed by atoms with van der Waals surface area (Å²) < 4.78 is 9.98. The van der Waals surface area contributed by atoms with Crippen molar-refractivity contribution in [1.29, 1.82) is 0 Å². The summed E-state index contributed by atoms with van der Waals surface area (Å²) in [5, 5.41) is 0. The lowest BCUT2D eigenvalue weighted by molar-refractivity contribution is -0.158. The Morgan fingerprint density at radius 3 is 2.52 bits per heavy atom. The number of ether oxygens (including phenoxy) is 2. The molecule has 1 unspecified atom stereocenters. The highest BCUT2D eigenvalue weighted by Gasteiger charge is 2.30. The number of morpholine rings is 1. The number of hydrogen-bond donors (Lipinski definition) is 0. The molecule has 0 radical (unpaired) electrons. The van der Waals surface area contributed by atoms with Crippen molar-refractivity contribution in [3.63, 3.8) is 0 Å². The van der Waals surface area contributed by atoms with Gasteiger partial charge in [-0.3, -0.25) is 4.79 Å². The van der Waals surface area contributed by atoms with Crippen molar-refractivity contribution in [2.24, 2.45) is 0 Å². The Morgan fingerprint density at radius 2 is 1.95 bits per heavy atom. The zero-order valence-electron chi connectivity index (χ0n) is 12.5. The molecule has 0 bridgehead atoms. The molecule has 1 aromatic rings. The maximum Gasteiger partial charge on any atom is 0.336 e. The number of rotatable bonds is 3. The summed E-state index contributed by atoms with van der Waals surface area (Å²) >= 11 is 0. The number of esters is 1. The predicted molar refractivity (Wildman–Crippen MR) is 78.4 cm³/mol. The minimum Gasteiger partial charge on any atom is -0.467 e. The molecule has 1 aliphatic rings. The van der Waals surface area contributed by atoms with Gasteiger partial charge in [0.05, 0.1) is 20.3 Å². The van der Waals surface area contributed by atoms with E-state index in [0.717, 1.165) is 5.69 Å². The number of benzene rings is 1. The van der Waals surface area contributed by atoms with Gasteiger partial charge in [0.15, 0.2) is 6.10 Å². The largest absolute Gasteiger partial charge is 0.467 e. The van der Waals surface area contributed by atoms with Crippen LogP contribution < -0.4 is 4.90 Å². The molecule has 114 valence electrons. The molecule has 0 aromatic heterocycles. The van der Waals surface area contributed by atoms with Gasteiger partial charge in [0.2, 0.25) is 0 Å². The van der Waals surface area contributed by atoms with Crippen molar-refractivity contribution < 1.29 is 19.1 Å². The van der Waals surface area contributed by atoms with Crippen molar-refractivity contribution in [1.82, 2.24) is 4.90 Å². The average Bonchev–Trinajstić information content (AvgIpc) is 2.53. The molecule has 1 atom stereocenters. The number of anilines is 1. The van der Waals surface area contributed by atoms with E-state index in [2.05, 4.69) is 4.74 Å². The van der Waals surface area contributed by atoms with E-state index >= 15 is 0 Å². The van der Waals surface area contributed by atoms with Gasteiger partial charge >= 0.3 is 5.97 Å². The molecule has 1 heterocycles. The predicted octanol–water partition coefficient (Wildman–Crippen LogP) is 0.767. The van der Waals surface area contributed by atoms with Crippen LogP contribution in [0, 0.1) is 0 Å². The normalized spacial score (nSPS) is 18.2. The van der Waals surface area contributed by atoms with Gasteiger partial charge in [-0.15, -0.1) is 0 Å². The highest BCUT2D eigenvalue weighted by molar-refractivity contribution is 5.95. The standard InChI is InChI=1S/C15H20N2O4/c1-16(2)12-6-4-11(5-7-12)14(18)17-8-9-21-13(10-17)15(19)20-3/h4-7,13H,8-10H2,1-3H3. The van der Waals surface area contributed by atoms with Crippen LogP contribution >= 0.6 is 0 Å². The fourth-order valence-electron chi connectivity index (χ4n) is 2.19. The molecule has 1 fully saturated rings. The van der Waals surface area contributed by atoms with Crippen LogP contribution in [-0.2, 0) is 14.3 Å². The Morgan fingerprint density at radius 1 is 1.29 bits per heavy atom. The summed E-state index contributed by atoms with van der Waals surface area (Å²) in [5.74, 6) is -0.548. The lowest BCUT2D eigenvalue weighted by atomic mass is 10.1. The molecule has 0 spiro atoms. The maximum atomic E-state index is 12.4. The monoisotopic (exact) mass is 292 g/mol. The Bertz CT molecular complexity index is 513. The molecule has 2 rings (SSSR count). The van der Waals surface area contributed by atoms with Gasteiger partial charge in [-0.2, -0.15) is 0 Å². The Balaban J connectivity index is 2.06. The molecule has 0 N–H and O–H groups in total. The van der Waals surface area contributed by atoms with E-state index in [1.54, 1.807) is 17.0 Å². The van der Waals surface area contributed by atoms with E-state index in [1.165, 1.54) is 7.11 Å². The molecule has 0 saturated carbocycles. The third kappa shape index (κ3) is 3.52. The van der Waals surface area contributed by atoms with Crippen molar-refractivity contribution >= 4 is 17.6 Å². The third-order valence-corrected chi connectivity index (χ3v) is 3.45. The zero-order chi connectivity index (χ0) is 15.4. The summed E-state index contributed by atoms with van der Waals surface area (Å²) in [7, 11) is 5.20. The van der Waals surface area contributed by atoms with Gasteiger partial charge in [-0.1, -0.05) is 0 Å². The number of methoxy groups -OCH3 is 1. The fourth-order valence-corrected chi connectivity index (χ4v) is 2.19. The maximum absolute atomic E-state index is 12.4. The zero-order valence-corrected chi connectivity index (χ0v) is 12.5. The van der Waals surface area contributed by atoms with E-state index < -0.39 is 12.1 Å². The van der Waals surface area contributed by atoms with Gasteiger partial charge in [0.1, 0.15) is 0 Å². The minimum atomic E-state index is -0.700. The molecule has 1 aromatic carbocycles. The minimum absolute atomic E-state index is 0.0995. The van der Waals surface area contributed by atoms with Gasteiger partial charge in [0, 0.05) is 31.9 Å². The number of carbonyl (C=O) groups excluding carboxylic acids is 2. The summed E-state index contributed by atoms with van der Waals surface area (Å²) in [4.78, 5) is 27.5. The highest BCUT2D eigenvalue weighted by atomic mass is 16.6. The molecule has 1 saturated heterocycles. The summed E-state index contributed by atoms with van der Waals surface area (Å²) in [6, 6.07) is 7.37. The van der Waals surface area contributed by atoms with Crippen LogP contribution in [0.1, 0.15) is 10.4 Å². The molecule has 1 aliphatic heterocycles. The van der Waals surface area contributed by atoms with E-state index in [1.807, 2.05) is 31.1 Å². The van der Waals surface area contributed by atoms with Gasteiger partial charge in [-0.05, 0) is 24.3 Å². The van der Waals surface area contributed by atoms with Crippen LogP contribution in [-0.4, -0.2) is 63.8 Å². The second kappa shape index (κ2) is 6.58. The van der Waals surface area contributed by atoms with Crippen molar-refractivity contribution in [3.05, 3.63) is 29.8 Å². The van der Waals surface area contributed by atoms with Crippen LogP contribution in [0.4, 0.5) is 5.69 Å². The molecule has 6 heteroatoms. The molecule has 0 aliphatic carbocycles. The Kier molecular flexibility index (Phi) is 4.80. The third-order valence-electron chi connectivity index (χ3n) is 3.45. The lowest BCUT2D eigenvalue weighted by Gasteiger charge is -2.31. The summed E-state index contributed by atoms with van der Waals surface area (Å²) in [6.45, 7) is 1.03. The highest BCUT2D eigenvalue weighted by Crippen LogP contribution is 2.16. The van der Waals surface area contributed by atoms with E-state index in [0.29, 0.717) is 18.7 Å². The SMILES string of the molecule is COC(=O)C1CN(C(=O)c2ccc(N(C)C)cc2)CCO1. The first-order valence-electron chi connectivity index (χ1n) is 6.79. The van der Waals surface area contributed by atoms with Crippen molar-refractivity contribution in [2.75, 3.05) is 45.8 Å². The number of nitrogens with zero attached hydrogens (tertiary/aromatic N) is 2. The fraction of sp³-hybridized carbons (Fsp3) is 0.467. The molecular formula is C15H20N2O4. The summed E-state index contributed by atoms with van der Waals surface area (Å²) in [5.41, 5.74) is 1.63. The topological polar surface area (TPSA) is 59.1 Å². The van der Waals surface area contributed by atoms with Crippen LogP contribution in [0.5, 0.6) is 0 Å². The van der Waals surface area contributed by atoms with E-state index in [-0.39, 0.29) is 12.5 Å². The average molecular weight is 292 g/mol. The van der Waals surface area contributed by atoms with Crippen molar-refractivity contribution in [3.8, 4) is 0 Å². The first-order chi connectivity index (χ1) is 10.0. The quantitative estimate of drug-likeness (QED) is 0.770. The van der Waals surface area contributed by atoms with E-state index in [9.17, 15) is 9.59 Å². The first kappa shape index (κ1) is 15.3. The number of carbonyl (C=O) groups is 2. The van der Waals surface area contributed by atoms with Gasteiger partial charge in [-0.25, -0.2) is 4.79 Å². The number of amides is 1. The molecular weight excluding hydrogens is 272 g/mol. The van der Waals surface area contributed by atoms with Crippen LogP contribution in [0.25, 0.3) is 0 Å². The van der Waals surface area contributed by atoms with Crippen LogP contribution in [0.3, 0.4) is 0 Å². The second-order valence-electron chi connectivity index (χ2n) is 5.08. The molecule has 21 heavy (non-hydrogen) atoms. The lowest BCUT2D eigenvalue weighted by Crippen LogP contribution is -2.48. The second-order valence-corrected chi connectivity index (χ2v) is 5.08. The van der Waals surface area contributed by atoms with Gasteiger partial charge in [0.25, 0.3) is 5.91 Å². The van der Waals surface area contributed by atoms with E-state index in [4.69, 9.17) is 4.74 Å². The number of hydrogen-bond acceptors (Lipinski definition) is 5. The smallest absolute Gasteiger partial charge is 0.336 e. The summed E-state index contributed by atoms with van der Waals surface area (Å²) in [6.07, 6.45) is -0.700. The molecule has 6 nitrogen and oxygen atoms in total. The Labute approximate surface area is 124 Å². The van der Waals surface area contributed by atoms with Crippen molar-refractivity contribution in [2.45, 2.75) is 6.10 Å². The Hall–Kier alpha value is -2.08.